The topological polar surface area (TPSA) is 84.9 Å². The number of halogens is 2. The number of alkyl halides is 1. The zero-order valence-corrected chi connectivity index (χ0v) is 11.9. The minimum atomic E-state index is -2.16. The Bertz CT molecular complexity index is 396. The van der Waals surface area contributed by atoms with Crippen molar-refractivity contribution >= 4 is 26.2 Å². The Hall–Kier alpha value is -1.34. The number of esters is 1. The molecule has 0 radical (unpaired) electrons. The van der Waals surface area contributed by atoms with E-state index in [1.807, 2.05) is 5.25 Å². The number of hydrogen-bond acceptors (Lipinski definition) is 6. The van der Waals surface area contributed by atoms with Crippen molar-refractivity contribution in [1.29, 1.82) is 0 Å². The van der Waals surface area contributed by atoms with Gasteiger partial charge in [0.15, 0.2) is 15.0 Å². The van der Waals surface area contributed by atoms with E-state index in [4.69, 9.17) is 0 Å². The highest BCUT2D eigenvalue weighted by atomic mass is 31.2. The van der Waals surface area contributed by atoms with Crippen molar-refractivity contribution in [3.8, 4) is 0 Å². The van der Waals surface area contributed by atoms with Crippen LogP contribution in [0, 0.1) is 0 Å². The molecule has 1 fully saturated rings. The van der Waals surface area contributed by atoms with Crippen molar-refractivity contribution in [1.82, 2.24) is 10.2 Å². The highest BCUT2D eigenvalue weighted by Crippen LogP contribution is 2.26. The quantitative estimate of drug-likeness (QED) is 0.451. The molecule has 0 saturated carbocycles. The van der Waals surface area contributed by atoms with E-state index in [-0.39, 0.29) is 13.0 Å². The monoisotopic (exact) mass is 312 g/mol. The Morgan fingerprint density at radius 1 is 1.45 bits per heavy atom. The number of nitrogens with zero attached hydrogens (tertiary/aromatic N) is 1. The van der Waals surface area contributed by atoms with E-state index in [2.05, 4.69) is 9.57 Å². The molecule has 1 heterocycles. The second-order valence-electron chi connectivity index (χ2n) is 4.16. The first kappa shape index (κ1) is 16.7. The summed E-state index contributed by atoms with van der Waals surface area (Å²) in [6, 6.07) is -1.16. The summed E-state index contributed by atoms with van der Waals surface area (Å²) in [4.78, 5) is 39.3. The molecule has 1 N–H and O–H groups in total. The van der Waals surface area contributed by atoms with E-state index in [1.165, 1.54) is 6.66 Å². The average molecular weight is 312 g/mol. The third kappa shape index (κ3) is 4.97. The maximum Gasteiger partial charge on any atom is 0.347 e. The van der Waals surface area contributed by atoms with E-state index < -0.39 is 45.0 Å². The van der Waals surface area contributed by atoms with Gasteiger partial charge in [-0.25, -0.2) is 13.4 Å². The van der Waals surface area contributed by atoms with Gasteiger partial charge in [-0.15, -0.1) is 0 Å². The Kier molecular flexibility index (Phi) is 6.22. The Morgan fingerprint density at radius 3 is 2.65 bits per heavy atom. The molecule has 0 spiro atoms. The van der Waals surface area contributed by atoms with Crippen LogP contribution in [0.2, 0.25) is 0 Å². The van der Waals surface area contributed by atoms with Crippen LogP contribution in [0.15, 0.2) is 0 Å². The van der Waals surface area contributed by atoms with Crippen molar-refractivity contribution < 1.29 is 32.5 Å². The molecule has 10 heteroatoms. The second-order valence-corrected chi connectivity index (χ2v) is 5.30. The molecule has 20 heavy (non-hydrogen) atoms. The number of ether oxygens (including phenoxy) is 1. The Labute approximate surface area is 115 Å². The van der Waals surface area contributed by atoms with Gasteiger partial charge in [0.2, 0.25) is 0 Å². The van der Waals surface area contributed by atoms with Gasteiger partial charge < -0.3 is 14.5 Å². The maximum atomic E-state index is 13.3. The lowest BCUT2D eigenvalue weighted by Gasteiger charge is -2.22. The summed E-state index contributed by atoms with van der Waals surface area (Å²) in [5.74, 6) is -2.32. The summed E-state index contributed by atoms with van der Waals surface area (Å²) < 4.78 is 30.4. The summed E-state index contributed by atoms with van der Waals surface area (Å²) in [5.41, 5.74) is 0. The zero-order chi connectivity index (χ0) is 15.3. The number of hydrogen-bond donors (Lipinski definition) is 1. The number of nitrogens with one attached hydrogen (secondary N) is 1. The van der Waals surface area contributed by atoms with E-state index in [0.29, 0.717) is 0 Å². The third-order valence-corrected chi connectivity index (χ3v) is 2.86. The van der Waals surface area contributed by atoms with Crippen LogP contribution in [0.3, 0.4) is 0 Å². The van der Waals surface area contributed by atoms with Crippen LogP contribution in [-0.4, -0.2) is 54.8 Å². The molecule has 3 atom stereocenters. The molecule has 114 valence electrons. The van der Waals surface area contributed by atoms with Crippen LogP contribution >= 0.6 is 8.38 Å². The zero-order valence-electron chi connectivity index (χ0n) is 11.0. The predicted octanol–water partition coefficient (Wildman–Crippen LogP) is 0.447. The minimum Gasteiger partial charge on any atom is -0.456 e. The van der Waals surface area contributed by atoms with Gasteiger partial charge in [0.1, 0.15) is 12.2 Å². The SMILES string of the molecule is CC(=O)OCC(=O)N1C[C@@H](F)C[C@H]1C(=O)ONP(C)F. The lowest BCUT2D eigenvalue weighted by atomic mass is 10.2. The number of carbonyl (C=O) groups excluding carboxylic acids is 3. The van der Waals surface area contributed by atoms with Crippen LogP contribution < -0.4 is 5.25 Å². The van der Waals surface area contributed by atoms with Crippen molar-refractivity contribution in [3.05, 3.63) is 0 Å². The van der Waals surface area contributed by atoms with Crippen LogP contribution in [0.5, 0.6) is 0 Å². The molecule has 1 aliphatic heterocycles. The first-order chi connectivity index (χ1) is 9.31. The molecule has 0 bridgehead atoms. The maximum absolute atomic E-state index is 13.3. The van der Waals surface area contributed by atoms with E-state index >= 15 is 0 Å². The van der Waals surface area contributed by atoms with E-state index in [9.17, 15) is 23.0 Å². The third-order valence-electron chi connectivity index (χ3n) is 2.51. The van der Waals surface area contributed by atoms with Gasteiger partial charge >= 0.3 is 11.9 Å². The lowest BCUT2D eigenvalue weighted by molar-refractivity contribution is -0.159. The van der Waals surface area contributed by atoms with Gasteiger partial charge in [-0.1, -0.05) is 5.25 Å². The molecule has 1 rings (SSSR count). The van der Waals surface area contributed by atoms with Gasteiger partial charge in [0.05, 0.1) is 6.54 Å². The van der Waals surface area contributed by atoms with Gasteiger partial charge in [-0.05, 0) is 0 Å². The molecule has 1 aliphatic rings. The fourth-order valence-corrected chi connectivity index (χ4v) is 1.92. The fraction of sp³-hybridized carbons (Fsp3) is 0.700. The summed E-state index contributed by atoms with van der Waals surface area (Å²) in [7, 11) is -2.16. The standard InChI is InChI=1S/C10H15F2N2O5P/c1-6(15)18-5-9(16)14-4-7(11)3-8(14)10(17)19-13-20(2)12/h7-8,13H,3-5H2,1-2H3/t7-,8-,20?/m0/s1. The van der Waals surface area contributed by atoms with Crippen LogP contribution in [-0.2, 0) is 24.0 Å². The molecule has 1 saturated heterocycles. The predicted molar refractivity (Wildman–Crippen MR) is 64.8 cm³/mol. The lowest BCUT2D eigenvalue weighted by Crippen LogP contribution is -2.44. The largest absolute Gasteiger partial charge is 0.456 e. The Balaban J connectivity index is 2.60. The smallest absolute Gasteiger partial charge is 0.347 e. The number of rotatable bonds is 5. The van der Waals surface area contributed by atoms with Crippen molar-refractivity contribution in [2.45, 2.75) is 25.6 Å². The van der Waals surface area contributed by atoms with Gasteiger partial charge in [-0.3, -0.25) is 9.59 Å². The number of likely N-dealkylation sites (tertiary alicyclic amines) is 1. The first-order valence-corrected chi connectivity index (χ1v) is 7.42. The van der Waals surface area contributed by atoms with Crippen LogP contribution in [0.4, 0.5) is 8.59 Å². The molecule has 0 aromatic heterocycles. The fourth-order valence-electron chi connectivity index (χ4n) is 1.71. The molecular weight excluding hydrogens is 297 g/mol. The molecule has 7 nitrogen and oxygen atoms in total. The van der Waals surface area contributed by atoms with Crippen molar-refractivity contribution in [2.75, 3.05) is 19.8 Å². The molecule has 0 aliphatic carbocycles. The second kappa shape index (κ2) is 7.44. The molecule has 1 unspecified atom stereocenters. The van der Waals surface area contributed by atoms with Gasteiger partial charge in [0.25, 0.3) is 5.91 Å². The van der Waals surface area contributed by atoms with E-state index in [0.717, 1.165) is 11.8 Å². The van der Waals surface area contributed by atoms with Gasteiger partial charge in [0, 0.05) is 20.0 Å². The summed E-state index contributed by atoms with van der Waals surface area (Å²) >= 11 is 0. The van der Waals surface area contributed by atoms with Crippen molar-refractivity contribution in [3.63, 3.8) is 0 Å². The van der Waals surface area contributed by atoms with Crippen molar-refractivity contribution in [2.24, 2.45) is 0 Å². The van der Waals surface area contributed by atoms with Crippen LogP contribution in [0.25, 0.3) is 0 Å². The molecule has 0 aromatic rings. The summed E-state index contributed by atoms with van der Waals surface area (Å²) in [6.45, 7) is 1.41. The highest BCUT2D eigenvalue weighted by molar-refractivity contribution is 7.48. The molecular formula is C10H15F2N2O5P. The molecule has 1 amide bonds. The van der Waals surface area contributed by atoms with Gasteiger partial charge in [-0.2, -0.15) is 0 Å². The van der Waals surface area contributed by atoms with Crippen LogP contribution in [0.1, 0.15) is 13.3 Å². The minimum absolute atomic E-state index is 0.236. The number of carbonyl (C=O) groups is 3. The average Bonchev–Trinajstić information content (AvgIpc) is 2.75. The summed E-state index contributed by atoms with van der Waals surface area (Å²) in [5, 5.41) is 1.85. The normalized spacial score (nSPS) is 23.3. The summed E-state index contributed by atoms with van der Waals surface area (Å²) in [6.07, 6.45) is -1.62. The Morgan fingerprint density at radius 2 is 2.10 bits per heavy atom. The van der Waals surface area contributed by atoms with E-state index in [1.54, 1.807) is 0 Å². The first-order valence-electron chi connectivity index (χ1n) is 5.74. The number of amides is 1. The highest BCUT2D eigenvalue weighted by Gasteiger charge is 2.41. The molecule has 0 aromatic carbocycles.